The normalized spacial score (nSPS) is 13.9. The average molecular weight is 214 g/mol. The van der Waals surface area contributed by atoms with E-state index < -0.39 is 16.9 Å². The van der Waals surface area contributed by atoms with Crippen LogP contribution in [-0.4, -0.2) is 57.5 Å². The van der Waals surface area contributed by atoms with Gasteiger partial charge in [0.1, 0.15) is 12.7 Å². The van der Waals surface area contributed by atoms with Gasteiger partial charge in [0.15, 0.2) is 0 Å². The van der Waals surface area contributed by atoms with Crippen molar-refractivity contribution in [3.8, 4) is 0 Å². The predicted molar refractivity (Wildman–Crippen MR) is 38.1 cm³/mol. The van der Waals surface area contributed by atoms with Crippen LogP contribution < -0.4 is 0 Å². The zero-order valence-corrected chi connectivity index (χ0v) is 7.61. The molecule has 0 aliphatic carbocycles. The lowest BCUT2D eigenvalue weighted by molar-refractivity contribution is -0.528. The Morgan fingerprint density at radius 3 is 2.14 bits per heavy atom. The van der Waals surface area contributed by atoms with Crippen molar-refractivity contribution < 1.29 is 35.2 Å². The van der Waals surface area contributed by atoms with Gasteiger partial charge in [-0.3, -0.25) is 20.8 Å². The largest absolute Gasteiger partial charge is 0.379 e. The molecular weight excluding hydrogens is 200 g/mol. The lowest BCUT2D eigenvalue weighted by atomic mass is 10.4. The van der Waals surface area contributed by atoms with E-state index in [1.54, 1.807) is 6.92 Å². The molecule has 9 heteroatoms. The molecule has 9 nitrogen and oxygen atoms in total. The Morgan fingerprint density at radius 1 is 1.07 bits per heavy atom. The Labute approximate surface area is 80.0 Å². The molecule has 0 bridgehead atoms. The van der Waals surface area contributed by atoms with E-state index in [4.69, 9.17) is 25.6 Å². The minimum atomic E-state index is -0.883. The highest BCUT2D eigenvalue weighted by molar-refractivity contribution is 4.51. The summed E-state index contributed by atoms with van der Waals surface area (Å²) in [5.74, 6) is 0. The van der Waals surface area contributed by atoms with Crippen LogP contribution >= 0.6 is 0 Å². The molecule has 0 fully saturated rings. The standard InChI is InChI=1S/C5H14N2O7/c1-2-12-3-5(14-7(10)11)4-13-6(8)9/h5,8-11H,2-4H2,1H3/t5-/m0/s1. The summed E-state index contributed by atoms with van der Waals surface area (Å²) in [6.07, 6.45) is -0.883. The lowest BCUT2D eigenvalue weighted by Gasteiger charge is -2.18. The van der Waals surface area contributed by atoms with Crippen molar-refractivity contribution >= 4 is 0 Å². The van der Waals surface area contributed by atoms with Gasteiger partial charge in [-0.25, -0.2) is 9.68 Å². The molecule has 0 saturated heterocycles. The Bertz CT molecular complexity index is 133. The summed E-state index contributed by atoms with van der Waals surface area (Å²) in [4.78, 5) is 8.54. The van der Waals surface area contributed by atoms with Crippen molar-refractivity contribution in [3.05, 3.63) is 0 Å². The van der Waals surface area contributed by atoms with Crippen LogP contribution in [0.5, 0.6) is 0 Å². The third-order valence-electron chi connectivity index (χ3n) is 1.13. The first-order valence-corrected chi connectivity index (χ1v) is 3.79. The van der Waals surface area contributed by atoms with E-state index in [-0.39, 0.29) is 13.2 Å². The van der Waals surface area contributed by atoms with Gasteiger partial charge in [0, 0.05) is 6.61 Å². The first-order chi connectivity index (χ1) is 6.56. The molecule has 0 saturated carbocycles. The highest BCUT2D eigenvalue weighted by Crippen LogP contribution is 1.97. The van der Waals surface area contributed by atoms with Crippen LogP contribution in [-0.2, 0) is 14.4 Å². The molecule has 86 valence electrons. The molecule has 0 aliphatic heterocycles. The monoisotopic (exact) mass is 214 g/mol. The Morgan fingerprint density at radius 2 is 1.71 bits per heavy atom. The van der Waals surface area contributed by atoms with Crippen molar-refractivity contribution in [1.29, 1.82) is 0 Å². The molecule has 0 amide bonds. The van der Waals surface area contributed by atoms with Gasteiger partial charge in [-0.2, -0.15) is 0 Å². The SMILES string of the molecule is CCOC[C@@H](CON(O)O)ON(O)O. The van der Waals surface area contributed by atoms with Crippen LogP contribution in [0.4, 0.5) is 0 Å². The molecule has 1 atom stereocenters. The molecule has 0 aromatic heterocycles. The van der Waals surface area contributed by atoms with Crippen LogP contribution in [0, 0.1) is 0 Å². The fourth-order valence-corrected chi connectivity index (χ4v) is 0.641. The molecule has 4 N–H and O–H groups in total. The zero-order chi connectivity index (χ0) is 11.0. The van der Waals surface area contributed by atoms with Gasteiger partial charge >= 0.3 is 0 Å². The van der Waals surface area contributed by atoms with Crippen LogP contribution in [0.25, 0.3) is 0 Å². The molecular formula is C5H14N2O7. The van der Waals surface area contributed by atoms with Gasteiger partial charge in [0.05, 0.1) is 17.4 Å². The summed E-state index contributed by atoms with van der Waals surface area (Å²) in [5.41, 5.74) is 0. The van der Waals surface area contributed by atoms with E-state index in [1.807, 2.05) is 0 Å². The topological polar surface area (TPSA) is 115 Å². The second kappa shape index (κ2) is 7.99. The lowest BCUT2D eigenvalue weighted by Crippen LogP contribution is -2.34. The van der Waals surface area contributed by atoms with Gasteiger partial charge in [0.25, 0.3) is 0 Å². The Hall–Kier alpha value is -0.360. The van der Waals surface area contributed by atoms with Crippen LogP contribution in [0.2, 0.25) is 0 Å². The van der Waals surface area contributed by atoms with Crippen LogP contribution in [0.15, 0.2) is 0 Å². The van der Waals surface area contributed by atoms with Crippen LogP contribution in [0.1, 0.15) is 6.92 Å². The summed E-state index contributed by atoms with van der Waals surface area (Å²) in [7, 11) is 0. The molecule has 0 aromatic carbocycles. The molecule has 0 aromatic rings. The third kappa shape index (κ3) is 8.25. The number of hydrogen-bond acceptors (Lipinski definition) is 9. The smallest absolute Gasteiger partial charge is 0.133 e. The van der Waals surface area contributed by atoms with Gasteiger partial charge in [-0.05, 0) is 6.92 Å². The van der Waals surface area contributed by atoms with E-state index in [0.29, 0.717) is 6.61 Å². The molecule has 0 heterocycles. The number of hydrogen-bond donors (Lipinski definition) is 4. The maximum atomic E-state index is 8.30. The molecule has 0 unspecified atom stereocenters. The van der Waals surface area contributed by atoms with E-state index in [1.165, 1.54) is 0 Å². The van der Waals surface area contributed by atoms with E-state index in [2.05, 4.69) is 9.68 Å². The van der Waals surface area contributed by atoms with Crippen LogP contribution in [0.3, 0.4) is 0 Å². The maximum absolute atomic E-state index is 8.30. The average Bonchev–Trinajstić information content (AvgIpc) is 2.09. The highest BCUT2D eigenvalue weighted by atomic mass is 17.1. The quantitative estimate of drug-likeness (QED) is 0.393. The summed E-state index contributed by atoms with van der Waals surface area (Å²) in [6.45, 7) is 1.81. The second-order valence-electron chi connectivity index (χ2n) is 2.19. The van der Waals surface area contributed by atoms with Gasteiger partial charge < -0.3 is 4.74 Å². The summed E-state index contributed by atoms with van der Waals surface area (Å²) < 4.78 is 4.89. The zero-order valence-electron chi connectivity index (χ0n) is 7.61. The molecule has 14 heavy (non-hydrogen) atoms. The van der Waals surface area contributed by atoms with Gasteiger partial charge in [0.2, 0.25) is 0 Å². The van der Waals surface area contributed by atoms with E-state index in [9.17, 15) is 0 Å². The molecule has 0 rings (SSSR count). The third-order valence-corrected chi connectivity index (χ3v) is 1.13. The maximum Gasteiger partial charge on any atom is 0.133 e. The van der Waals surface area contributed by atoms with Crippen molar-refractivity contribution in [2.24, 2.45) is 0 Å². The molecule has 0 spiro atoms. The fraction of sp³-hybridized carbons (Fsp3) is 1.00. The molecule has 0 aliphatic rings. The summed E-state index contributed by atoms with van der Waals surface area (Å²) in [5, 5.41) is 32.0. The fourth-order valence-electron chi connectivity index (χ4n) is 0.641. The van der Waals surface area contributed by atoms with Crippen molar-refractivity contribution in [2.75, 3.05) is 19.8 Å². The summed E-state index contributed by atoms with van der Waals surface area (Å²) >= 11 is 0. The summed E-state index contributed by atoms with van der Waals surface area (Å²) in [6, 6.07) is 0. The highest BCUT2D eigenvalue weighted by Gasteiger charge is 2.14. The number of ether oxygens (including phenoxy) is 1. The minimum Gasteiger partial charge on any atom is -0.379 e. The van der Waals surface area contributed by atoms with E-state index in [0.717, 1.165) is 0 Å². The number of nitrogens with zero attached hydrogens (tertiary/aromatic N) is 2. The first-order valence-electron chi connectivity index (χ1n) is 3.79. The molecule has 0 radical (unpaired) electrons. The number of rotatable bonds is 8. The van der Waals surface area contributed by atoms with Crippen molar-refractivity contribution in [3.63, 3.8) is 0 Å². The van der Waals surface area contributed by atoms with Gasteiger partial charge in [-0.1, -0.05) is 0 Å². The van der Waals surface area contributed by atoms with E-state index >= 15 is 0 Å². The minimum absolute atomic E-state index is 0.00194. The van der Waals surface area contributed by atoms with Crippen molar-refractivity contribution in [2.45, 2.75) is 13.0 Å². The second-order valence-corrected chi connectivity index (χ2v) is 2.19. The Kier molecular flexibility index (Phi) is 7.78. The van der Waals surface area contributed by atoms with Crippen molar-refractivity contribution in [1.82, 2.24) is 10.8 Å². The first kappa shape index (κ1) is 13.6. The predicted octanol–water partition coefficient (Wildman–Crippen LogP) is -0.584. The van der Waals surface area contributed by atoms with Gasteiger partial charge in [-0.15, -0.1) is 0 Å². The Balaban J connectivity index is 3.72.